The van der Waals surface area contributed by atoms with Crippen LogP contribution in [0, 0.1) is 5.92 Å². The topological polar surface area (TPSA) is 69.8 Å². The summed E-state index contributed by atoms with van der Waals surface area (Å²) in [7, 11) is 0. The van der Waals surface area contributed by atoms with Crippen LogP contribution < -0.4 is 10.6 Å². The van der Waals surface area contributed by atoms with E-state index in [9.17, 15) is 13.2 Å². The number of pyridine rings is 1. The molecule has 7 nitrogen and oxygen atoms in total. The van der Waals surface area contributed by atoms with E-state index in [0.29, 0.717) is 31.5 Å². The Bertz CT molecular complexity index is 794. The minimum Gasteiger partial charge on any atom is -0.357 e. The molecule has 2 aromatic heterocycles. The van der Waals surface area contributed by atoms with Crippen LogP contribution in [0.1, 0.15) is 32.0 Å². The molecular formula is C19H28F3N7. The molecule has 0 unspecified atom stereocenters. The summed E-state index contributed by atoms with van der Waals surface area (Å²) >= 11 is 0. The normalized spacial score (nSPS) is 17.0. The van der Waals surface area contributed by atoms with Gasteiger partial charge < -0.3 is 10.6 Å². The first-order valence-electron chi connectivity index (χ1n) is 10.0. The number of nitrogens with one attached hydrogen (secondary N) is 2. The predicted molar refractivity (Wildman–Crippen MR) is 106 cm³/mol. The van der Waals surface area contributed by atoms with Gasteiger partial charge in [0, 0.05) is 19.3 Å². The molecule has 0 saturated carbocycles. The van der Waals surface area contributed by atoms with Gasteiger partial charge in [-0.05, 0) is 57.3 Å². The molecule has 3 heterocycles. The highest BCUT2D eigenvalue weighted by Crippen LogP contribution is 2.23. The van der Waals surface area contributed by atoms with Gasteiger partial charge in [-0.25, -0.2) is 4.99 Å². The molecule has 0 spiro atoms. The number of nitrogens with zero attached hydrogens (tertiary/aromatic N) is 5. The molecule has 1 saturated heterocycles. The van der Waals surface area contributed by atoms with E-state index in [-0.39, 0.29) is 0 Å². The molecular weight excluding hydrogens is 383 g/mol. The maximum Gasteiger partial charge on any atom is 0.401 e. The lowest BCUT2D eigenvalue weighted by Gasteiger charge is -2.32. The summed E-state index contributed by atoms with van der Waals surface area (Å²) in [5.74, 6) is 1.90. The number of hydrogen-bond donors (Lipinski definition) is 2. The first kappa shape index (κ1) is 21.4. The van der Waals surface area contributed by atoms with Crippen molar-refractivity contribution in [2.75, 3.05) is 32.7 Å². The number of rotatable bonds is 7. The highest BCUT2D eigenvalue weighted by molar-refractivity contribution is 5.79. The minimum atomic E-state index is -4.11. The fourth-order valence-electron chi connectivity index (χ4n) is 3.57. The molecule has 0 bridgehead atoms. The third-order valence-electron chi connectivity index (χ3n) is 5.06. The molecule has 29 heavy (non-hydrogen) atoms. The van der Waals surface area contributed by atoms with Crippen molar-refractivity contribution in [3.8, 4) is 0 Å². The fraction of sp³-hybridized carbons (Fsp3) is 0.632. The van der Waals surface area contributed by atoms with Crippen LogP contribution in [0.3, 0.4) is 0 Å². The largest absolute Gasteiger partial charge is 0.401 e. The Balaban J connectivity index is 1.44. The van der Waals surface area contributed by atoms with Gasteiger partial charge >= 0.3 is 6.18 Å². The molecule has 3 rings (SSSR count). The molecule has 0 aliphatic carbocycles. The van der Waals surface area contributed by atoms with Crippen molar-refractivity contribution in [3.63, 3.8) is 0 Å². The fourth-order valence-corrected chi connectivity index (χ4v) is 3.57. The van der Waals surface area contributed by atoms with Crippen molar-refractivity contribution in [2.45, 2.75) is 38.9 Å². The Kier molecular flexibility index (Phi) is 7.29. The van der Waals surface area contributed by atoms with Gasteiger partial charge in [-0.3, -0.25) is 9.30 Å². The lowest BCUT2D eigenvalue weighted by atomic mass is 9.93. The molecule has 1 fully saturated rings. The second-order valence-electron chi connectivity index (χ2n) is 7.29. The number of aliphatic imine (C=N–C) groups is 1. The minimum absolute atomic E-state index is 0.399. The van der Waals surface area contributed by atoms with Crippen molar-refractivity contribution < 1.29 is 13.2 Å². The second-order valence-corrected chi connectivity index (χ2v) is 7.29. The van der Waals surface area contributed by atoms with E-state index in [1.54, 1.807) is 0 Å². The molecule has 2 aromatic rings. The number of guanidine groups is 1. The number of piperidine rings is 1. The summed E-state index contributed by atoms with van der Waals surface area (Å²) in [4.78, 5) is 6.08. The number of likely N-dealkylation sites (tertiary alicyclic amines) is 1. The van der Waals surface area contributed by atoms with Gasteiger partial charge in [0.1, 0.15) is 6.54 Å². The Morgan fingerprint density at radius 3 is 2.72 bits per heavy atom. The van der Waals surface area contributed by atoms with Crippen LogP contribution in [0.4, 0.5) is 13.2 Å². The Morgan fingerprint density at radius 1 is 1.21 bits per heavy atom. The zero-order valence-electron chi connectivity index (χ0n) is 16.6. The smallest absolute Gasteiger partial charge is 0.357 e. The van der Waals surface area contributed by atoms with Crippen LogP contribution in [0.5, 0.6) is 0 Å². The molecule has 1 aliphatic rings. The van der Waals surface area contributed by atoms with Crippen molar-refractivity contribution in [1.29, 1.82) is 0 Å². The average Bonchev–Trinajstić information content (AvgIpc) is 3.09. The van der Waals surface area contributed by atoms with Crippen LogP contribution in [0.25, 0.3) is 5.65 Å². The summed E-state index contributed by atoms with van der Waals surface area (Å²) in [5, 5.41) is 14.8. The zero-order chi connectivity index (χ0) is 20.7. The molecule has 10 heteroatoms. The van der Waals surface area contributed by atoms with Gasteiger partial charge in [0.05, 0.1) is 6.54 Å². The van der Waals surface area contributed by atoms with Gasteiger partial charge in [0.25, 0.3) is 0 Å². The molecule has 0 radical (unpaired) electrons. The van der Waals surface area contributed by atoms with Crippen molar-refractivity contribution in [3.05, 3.63) is 30.2 Å². The van der Waals surface area contributed by atoms with Crippen LogP contribution >= 0.6 is 0 Å². The van der Waals surface area contributed by atoms with Gasteiger partial charge in [-0.15, -0.1) is 10.2 Å². The van der Waals surface area contributed by atoms with E-state index in [1.165, 1.54) is 4.90 Å². The Labute approximate surface area is 168 Å². The first-order chi connectivity index (χ1) is 13.9. The van der Waals surface area contributed by atoms with E-state index in [0.717, 1.165) is 43.8 Å². The average molecular weight is 411 g/mol. The van der Waals surface area contributed by atoms with E-state index < -0.39 is 12.7 Å². The van der Waals surface area contributed by atoms with Crippen LogP contribution in [0.15, 0.2) is 29.4 Å². The van der Waals surface area contributed by atoms with E-state index in [2.05, 4.69) is 25.8 Å². The van der Waals surface area contributed by atoms with E-state index in [4.69, 9.17) is 0 Å². The standard InChI is InChI=1S/C19H28F3N7/c1-2-23-18(25-13-17-27-26-16-5-3-4-10-29(16)17)24-9-6-15-7-11-28(12-8-15)14-19(20,21)22/h3-5,10,15H,2,6-9,11-14H2,1H3,(H2,23,24,25). The maximum atomic E-state index is 12.5. The summed E-state index contributed by atoms with van der Waals surface area (Å²) in [6.07, 6.45) is 0.319. The summed E-state index contributed by atoms with van der Waals surface area (Å²) in [6.45, 7) is 4.10. The van der Waals surface area contributed by atoms with Crippen molar-refractivity contribution >= 4 is 11.6 Å². The lowest BCUT2D eigenvalue weighted by Crippen LogP contribution is -2.41. The molecule has 0 atom stereocenters. The number of halogens is 3. The summed E-state index contributed by atoms with van der Waals surface area (Å²) < 4.78 is 39.3. The molecule has 160 valence electrons. The first-order valence-corrected chi connectivity index (χ1v) is 10.0. The third kappa shape index (κ3) is 6.59. The van der Waals surface area contributed by atoms with Gasteiger partial charge in [0.2, 0.25) is 0 Å². The van der Waals surface area contributed by atoms with Crippen molar-refractivity contribution in [1.82, 2.24) is 30.1 Å². The Morgan fingerprint density at radius 2 is 2.00 bits per heavy atom. The van der Waals surface area contributed by atoms with E-state index >= 15 is 0 Å². The van der Waals surface area contributed by atoms with Crippen LogP contribution in [0.2, 0.25) is 0 Å². The number of aromatic nitrogens is 3. The third-order valence-corrected chi connectivity index (χ3v) is 5.06. The number of hydrogen-bond acceptors (Lipinski definition) is 4. The van der Waals surface area contributed by atoms with Crippen molar-refractivity contribution in [2.24, 2.45) is 10.9 Å². The monoisotopic (exact) mass is 411 g/mol. The zero-order valence-corrected chi connectivity index (χ0v) is 16.6. The summed E-state index contributed by atoms with van der Waals surface area (Å²) in [6, 6.07) is 5.73. The van der Waals surface area contributed by atoms with Crippen LogP contribution in [-0.4, -0.2) is 64.4 Å². The lowest BCUT2D eigenvalue weighted by molar-refractivity contribution is -0.148. The Hall–Kier alpha value is -2.36. The van der Waals surface area contributed by atoms with E-state index in [1.807, 2.05) is 35.7 Å². The summed E-state index contributed by atoms with van der Waals surface area (Å²) in [5.41, 5.74) is 0.785. The molecule has 1 aliphatic heterocycles. The van der Waals surface area contributed by atoms with Crippen LogP contribution in [-0.2, 0) is 6.54 Å². The highest BCUT2D eigenvalue weighted by atomic mass is 19.4. The second kappa shape index (κ2) is 9.91. The quantitative estimate of drug-likeness (QED) is 0.541. The maximum absolute atomic E-state index is 12.5. The van der Waals surface area contributed by atoms with Gasteiger partial charge in [-0.1, -0.05) is 6.07 Å². The van der Waals surface area contributed by atoms with Gasteiger partial charge in [-0.2, -0.15) is 13.2 Å². The molecule has 2 N–H and O–H groups in total. The number of alkyl halides is 3. The van der Waals surface area contributed by atoms with Gasteiger partial charge in [0.15, 0.2) is 17.4 Å². The predicted octanol–water partition coefficient (Wildman–Crippen LogP) is 2.45. The highest BCUT2D eigenvalue weighted by Gasteiger charge is 2.32. The number of fused-ring (bicyclic) bond motifs is 1. The molecule has 0 aromatic carbocycles. The molecule has 0 amide bonds. The SMILES string of the molecule is CCNC(=NCc1nnc2ccccn12)NCCC1CCN(CC(F)(F)F)CC1.